The fourth-order valence-electron chi connectivity index (χ4n) is 4.96. The minimum Gasteiger partial charge on any atom is -0.330 e. The van der Waals surface area contributed by atoms with Gasteiger partial charge in [0.2, 0.25) is 0 Å². The normalized spacial score (nSPS) is 26.6. The number of pyridine rings is 1. The van der Waals surface area contributed by atoms with Gasteiger partial charge in [-0.05, 0) is 63.9 Å². The zero-order valence-corrected chi connectivity index (χ0v) is 17.3. The molecule has 150 valence electrons. The van der Waals surface area contributed by atoms with Gasteiger partial charge in [-0.15, -0.1) is 0 Å². The fraction of sp³-hybridized carbons (Fsp3) is 0.435. The second-order valence-electron chi connectivity index (χ2n) is 8.56. The first-order valence-corrected chi connectivity index (χ1v) is 10.1. The number of hydrogen-bond donors (Lipinski definition) is 1. The maximum atomic E-state index is 12.8. The fourth-order valence-corrected chi connectivity index (χ4v) is 4.96. The summed E-state index contributed by atoms with van der Waals surface area (Å²) in [7, 11) is 4.30. The lowest BCUT2D eigenvalue weighted by atomic mass is 9.69. The highest BCUT2D eigenvalue weighted by Crippen LogP contribution is 2.46. The van der Waals surface area contributed by atoms with Crippen LogP contribution in [0, 0.1) is 18.3 Å². The molecule has 1 spiro atoms. The van der Waals surface area contributed by atoms with Crippen LogP contribution in [0.1, 0.15) is 42.5 Å². The molecule has 1 aromatic carbocycles. The summed E-state index contributed by atoms with van der Waals surface area (Å²) in [6.07, 6.45) is 5.46. The van der Waals surface area contributed by atoms with E-state index in [9.17, 15) is 4.79 Å². The Kier molecular flexibility index (Phi) is 4.79. The Labute approximate surface area is 172 Å². The number of nitriles is 1. The van der Waals surface area contributed by atoms with Gasteiger partial charge in [0.25, 0.3) is 0 Å². The maximum absolute atomic E-state index is 12.8. The summed E-state index contributed by atoms with van der Waals surface area (Å²) in [5, 5.41) is 12.3. The highest BCUT2D eigenvalue weighted by atomic mass is 16.2. The standard InChI is InChI=1S/C23H27N5O/c1-17-13-19(14-24)25-15-20(17)28-16-22(26-21(28)29)9-11-23(12-10-22,27(2)3)18-7-5-4-6-8-18/h4-8,13,15H,9-12,16H2,1-3H3,(H,26,29)/t22-,23-. The maximum Gasteiger partial charge on any atom is 0.322 e. The quantitative estimate of drug-likeness (QED) is 0.871. The van der Waals surface area contributed by atoms with E-state index in [1.807, 2.05) is 6.92 Å². The third kappa shape index (κ3) is 3.26. The molecule has 2 heterocycles. The van der Waals surface area contributed by atoms with E-state index in [-0.39, 0.29) is 17.1 Å². The third-order valence-corrected chi connectivity index (χ3v) is 6.77. The number of nitrogens with zero attached hydrogens (tertiary/aromatic N) is 4. The molecule has 1 N–H and O–H groups in total. The summed E-state index contributed by atoms with van der Waals surface area (Å²) >= 11 is 0. The largest absolute Gasteiger partial charge is 0.330 e. The number of nitrogens with one attached hydrogen (secondary N) is 1. The minimum absolute atomic E-state index is 0.00340. The van der Waals surface area contributed by atoms with Crippen LogP contribution in [0.5, 0.6) is 0 Å². The van der Waals surface area contributed by atoms with Crippen molar-refractivity contribution < 1.29 is 4.79 Å². The molecule has 0 bridgehead atoms. The Morgan fingerprint density at radius 1 is 1.17 bits per heavy atom. The molecule has 0 radical (unpaired) electrons. The van der Waals surface area contributed by atoms with Crippen LogP contribution in [-0.4, -0.2) is 42.1 Å². The number of rotatable bonds is 3. The lowest BCUT2D eigenvalue weighted by molar-refractivity contribution is 0.0658. The second kappa shape index (κ2) is 7.16. The predicted molar refractivity (Wildman–Crippen MR) is 113 cm³/mol. The van der Waals surface area contributed by atoms with Crippen LogP contribution in [0.3, 0.4) is 0 Å². The number of carbonyl (C=O) groups excluding carboxylic acids is 1. The Morgan fingerprint density at radius 3 is 2.45 bits per heavy atom. The van der Waals surface area contributed by atoms with Crippen molar-refractivity contribution in [1.82, 2.24) is 15.2 Å². The lowest BCUT2D eigenvalue weighted by Gasteiger charge is -2.48. The number of benzene rings is 1. The lowest BCUT2D eigenvalue weighted by Crippen LogP contribution is -2.54. The van der Waals surface area contributed by atoms with Crippen LogP contribution < -0.4 is 10.2 Å². The Bertz CT molecular complexity index is 955. The molecule has 4 rings (SSSR count). The van der Waals surface area contributed by atoms with Gasteiger partial charge in [0, 0.05) is 5.54 Å². The Morgan fingerprint density at radius 2 is 1.86 bits per heavy atom. The van der Waals surface area contributed by atoms with Gasteiger partial charge in [-0.25, -0.2) is 9.78 Å². The van der Waals surface area contributed by atoms with Crippen LogP contribution in [0.2, 0.25) is 0 Å². The monoisotopic (exact) mass is 389 g/mol. The number of aromatic nitrogens is 1. The van der Waals surface area contributed by atoms with E-state index < -0.39 is 0 Å². The number of anilines is 1. The highest BCUT2D eigenvalue weighted by molar-refractivity contribution is 5.96. The van der Waals surface area contributed by atoms with Gasteiger partial charge in [-0.3, -0.25) is 9.80 Å². The molecule has 2 aliphatic rings. The molecule has 1 saturated heterocycles. The molecular weight excluding hydrogens is 362 g/mol. The molecule has 0 unspecified atom stereocenters. The van der Waals surface area contributed by atoms with Crippen LogP contribution >= 0.6 is 0 Å². The molecule has 2 amide bonds. The first-order chi connectivity index (χ1) is 13.9. The van der Waals surface area contributed by atoms with Crippen LogP contribution in [0.4, 0.5) is 10.5 Å². The molecule has 1 aromatic heterocycles. The van der Waals surface area contributed by atoms with Gasteiger partial charge in [0.15, 0.2) is 0 Å². The Balaban J connectivity index is 1.56. The molecule has 1 aliphatic heterocycles. The number of hydrogen-bond acceptors (Lipinski definition) is 4. The number of aryl methyl sites for hydroxylation is 1. The number of carbonyl (C=O) groups is 1. The molecule has 2 fully saturated rings. The van der Waals surface area contributed by atoms with E-state index in [2.05, 4.69) is 65.7 Å². The molecule has 2 aromatic rings. The van der Waals surface area contributed by atoms with Gasteiger partial charge in [0.1, 0.15) is 11.8 Å². The van der Waals surface area contributed by atoms with Crippen molar-refractivity contribution in [2.24, 2.45) is 0 Å². The highest BCUT2D eigenvalue weighted by Gasteiger charge is 2.50. The van der Waals surface area contributed by atoms with E-state index in [1.54, 1.807) is 17.2 Å². The summed E-state index contributed by atoms with van der Waals surface area (Å²) in [5.74, 6) is 0. The molecular formula is C23H27N5O. The first kappa shape index (κ1) is 19.4. The first-order valence-electron chi connectivity index (χ1n) is 10.1. The van der Waals surface area contributed by atoms with E-state index in [0.29, 0.717) is 12.2 Å². The topological polar surface area (TPSA) is 72.3 Å². The van der Waals surface area contributed by atoms with Crippen molar-refractivity contribution >= 4 is 11.7 Å². The second-order valence-corrected chi connectivity index (χ2v) is 8.56. The average Bonchev–Trinajstić information content (AvgIpc) is 3.04. The SMILES string of the molecule is Cc1cc(C#N)ncc1N1C[C@]2(CC[C@@](c3ccccc3)(N(C)C)CC2)NC1=O. The molecule has 6 heteroatoms. The summed E-state index contributed by atoms with van der Waals surface area (Å²) < 4.78 is 0. The van der Waals surface area contributed by atoms with Gasteiger partial charge in [-0.2, -0.15) is 5.26 Å². The Hall–Kier alpha value is -2.91. The molecule has 6 nitrogen and oxygen atoms in total. The van der Waals surface area contributed by atoms with Crippen molar-refractivity contribution in [3.05, 3.63) is 59.4 Å². The summed E-state index contributed by atoms with van der Waals surface area (Å²) in [6.45, 7) is 2.56. The van der Waals surface area contributed by atoms with E-state index in [0.717, 1.165) is 36.9 Å². The summed E-state index contributed by atoms with van der Waals surface area (Å²) in [4.78, 5) is 21.1. The van der Waals surface area contributed by atoms with Crippen molar-refractivity contribution in [3.63, 3.8) is 0 Å². The molecule has 1 aliphatic carbocycles. The molecule has 29 heavy (non-hydrogen) atoms. The zero-order valence-electron chi connectivity index (χ0n) is 17.3. The number of amides is 2. The van der Waals surface area contributed by atoms with Gasteiger partial charge in [0.05, 0.1) is 24.0 Å². The van der Waals surface area contributed by atoms with Crippen molar-refractivity contribution in [2.75, 3.05) is 25.5 Å². The van der Waals surface area contributed by atoms with Gasteiger partial charge in [-0.1, -0.05) is 30.3 Å². The smallest absolute Gasteiger partial charge is 0.322 e. The van der Waals surface area contributed by atoms with Crippen LogP contribution in [-0.2, 0) is 5.54 Å². The van der Waals surface area contributed by atoms with E-state index in [4.69, 9.17) is 5.26 Å². The third-order valence-electron chi connectivity index (χ3n) is 6.77. The van der Waals surface area contributed by atoms with Gasteiger partial charge < -0.3 is 5.32 Å². The minimum atomic E-state index is -0.217. The number of urea groups is 1. The summed E-state index contributed by atoms with van der Waals surface area (Å²) in [5.41, 5.74) is 3.17. The van der Waals surface area contributed by atoms with Crippen molar-refractivity contribution in [3.8, 4) is 6.07 Å². The van der Waals surface area contributed by atoms with E-state index in [1.165, 1.54) is 5.56 Å². The van der Waals surface area contributed by atoms with E-state index >= 15 is 0 Å². The van der Waals surface area contributed by atoms with Crippen LogP contribution in [0.15, 0.2) is 42.6 Å². The van der Waals surface area contributed by atoms with Crippen molar-refractivity contribution in [2.45, 2.75) is 43.7 Å². The van der Waals surface area contributed by atoms with Crippen LogP contribution in [0.25, 0.3) is 0 Å². The predicted octanol–water partition coefficient (Wildman–Crippen LogP) is 3.56. The zero-order chi connectivity index (χ0) is 20.6. The molecule has 1 saturated carbocycles. The van der Waals surface area contributed by atoms with Crippen molar-refractivity contribution in [1.29, 1.82) is 5.26 Å². The average molecular weight is 390 g/mol. The summed E-state index contributed by atoms with van der Waals surface area (Å²) in [6, 6.07) is 14.4. The molecule has 0 atom stereocenters. The van der Waals surface area contributed by atoms with Gasteiger partial charge >= 0.3 is 6.03 Å².